The maximum atomic E-state index is 10.9. The molecule has 3 aromatic rings. The highest BCUT2D eigenvalue weighted by Crippen LogP contribution is 2.37. The van der Waals surface area contributed by atoms with Gasteiger partial charge in [0.1, 0.15) is 11.5 Å². The summed E-state index contributed by atoms with van der Waals surface area (Å²) < 4.78 is 1.88. The third-order valence-electron chi connectivity index (χ3n) is 4.41. The number of hydrogen-bond donors (Lipinski definition) is 1. The lowest BCUT2D eigenvalue weighted by Gasteiger charge is -2.09. The monoisotopic (exact) mass is 354 g/mol. The van der Waals surface area contributed by atoms with Crippen LogP contribution in [0, 0.1) is 17.0 Å². The Morgan fingerprint density at radius 1 is 1.20 bits per heavy atom. The second-order valence-corrected chi connectivity index (χ2v) is 7.44. The molecule has 0 unspecified atom stereocenters. The molecular weight excluding hydrogens is 336 g/mol. The van der Waals surface area contributed by atoms with E-state index in [-0.39, 0.29) is 10.6 Å². The number of anilines is 1. The van der Waals surface area contributed by atoms with Gasteiger partial charge in [0.2, 0.25) is 0 Å². The maximum Gasteiger partial charge on any atom is 0.269 e. The van der Waals surface area contributed by atoms with Crippen LogP contribution in [-0.4, -0.2) is 21.2 Å². The molecule has 3 heterocycles. The zero-order valence-corrected chi connectivity index (χ0v) is 14.7. The van der Waals surface area contributed by atoms with Crippen molar-refractivity contribution in [3.05, 3.63) is 57.0 Å². The molecule has 4 rings (SSSR count). The second kappa shape index (κ2) is 6.33. The Kier molecular flexibility index (Phi) is 4.01. The van der Waals surface area contributed by atoms with Gasteiger partial charge in [-0.15, -0.1) is 11.3 Å². The van der Waals surface area contributed by atoms with E-state index < -0.39 is 0 Å². The van der Waals surface area contributed by atoms with Crippen LogP contribution in [0.4, 0.5) is 11.5 Å². The van der Waals surface area contributed by atoms with E-state index in [1.54, 1.807) is 23.5 Å². The lowest BCUT2D eigenvalue weighted by atomic mass is 10.1. The minimum atomic E-state index is -0.383. The number of rotatable bonds is 3. The van der Waals surface area contributed by atoms with Gasteiger partial charge in [0.15, 0.2) is 0 Å². The maximum absolute atomic E-state index is 10.9. The first-order valence-corrected chi connectivity index (χ1v) is 9.12. The van der Waals surface area contributed by atoms with Gasteiger partial charge < -0.3 is 5.32 Å². The average molecular weight is 354 g/mol. The Balaban J connectivity index is 1.84. The first-order chi connectivity index (χ1) is 12.1. The summed E-state index contributed by atoms with van der Waals surface area (Å²) in [6.07, 6.45) is 3.24. The van der Waals surface area contributed by atoms with Gasteiger partial charge in [-0.25, -0.2) is 4.68 Å². The Bertz CT molecular complexity index is 927. The van der Waals surface area contributed by atoms with Crippen LogP contribution in [0.2, 0.25) is 0 Å². The van der Waals surface area contributed by atoms with Crippen LogP contribution in [0.5, 0.6) is 0 Å². The highest BCUT2D eigenvalue weighted by molar-refractivity contribution is 7.15. The molecule has 7 heteroatoms. The van der Waals surface area contributed by atoms with Crippen molar-refractivity contribution in [2.24, 2.45) is 0 Å². The molecular formula is C18H18N4O2S. The SMILES string of the molecule is Cc1ccc(-c2nn(-c3ccc([N+](=O)[O-])cc3)c3c2CCCCN3)s1. The summed E-state index contributed by atoms with van der Waals surface area (Å²) >= 11 is 1.74. The van der Waals surface area contributed by atoms with E-state index in [1.165, 1.54) is 22.6 Å². The summed E-state index contributed by atoms with van der Waals surface area (Å²) in [6.45, 7) is 3.01. The largest absolute Gasteiger partial charge is 0.370 e. The summed E-state index contributed by atoms with van der Waals surface area (Å²) in [6, 6.07) is 10.8. The van der Waals surface area contributed by atoms with Gasteiger partial charge in [-0.1, -0.05) is 0 Å². The highest BCUT2D eigenvalue weighted by Gasteiger charge is 2.22. The van der Waals surface area contributed by atoms with E-state index in [9.17, 15) is 10.1 Å². The summed E-state index contributed by atoms with van der Waals surface area (Å²) in [7, 11) is 0. The number of hydrogen-bond acceptors (Lipinski definition) is 5. The molecule has 25 heavy (non-hydrogen) atoms. The van der Waals surface area contributed by atoms with E-state index in [1.807, 2.05) is 4.68 Å². The first kappa shape index (κ1) is 15.8. The van der Waals surface area contributed by atoms with Crippen molar-refractivity contribution in [3.63, 3.8) is 0 Å². The minimum absolute atomic E-state index is 0.0871. The van der Waals surface area contributed by atoms with Crippen molar-refractivity contribution < 1.29 is 4.92 Å². The molecule has 2 aromatic heterocycles. The van der Waals surface area contributed by atoms with Gasteiger partial charge >= 0.3 is 0 Å². The molecule has 0 saturated heterocycles. The smallest absolute Gasteiger partial charge is 0.269 e. The molecule has 1 aliphatic heterocycles. The number of thiophene rings is 1. The number of non-ortho nitro benzene ring substituents is 1. The Labute approximate surface area is 149 Å². The number of aryl methyl sites for hydroxylation is 1. The lowest BCUT2D eigenvalue weighted by Crippen LogP contribution is -2.07. The first-order valence-electron chi connectivity index (χ1n) is 8.31. The molecule has 0 amide bonds. The zero-order chi connectivity index (χ0) is 17.4. The predicted octanol–water partition coefficient (Wildman–Crippen LogP) is 4.57. The molecule has 1 aromatic carbocycles. The molecule has 0 bridgehead atoms. The Morgan fingerprint density at radius 2 is 2.00 bits per heavy atom. The van der Waals surface area contributed by atoms with Crippen molar-refractivity contribution in [1.29, 1.82) is 0 Å². The number of fused-ring (bicyclic) bond motifs is 1. The second-order valence-electron chi connectivity index (χ2n) is 6.16. The Morgan fingerprint density at radius 3 is 2.68 bits per heavy atom. The predicted molar refractivity (Wildman–Crippen MR) is 99.7 cm³/mol. The molecule has 0 radical (unpaired) electrons. The summed E-state index contributed by atoms with van der Waals surface area (Å²) in [5, 5.41) is 19.2. The summed E-state index contributed by atoms with van der Waals surface area (Å²) in [5.74, 6) is 1.01. The van der Waals surface area contributed by atoms with Gasteiger partial charge in [-0.3, -0.25) is 10.1 Å². The quantitative estimate of drug-likeness (QED) is 0.552. The highest BCUT2D eigenvalue weighted by atomic mass is 32.1. The van der Waals surface area contributed by atoms with E-state index in [4.69, 9.17) is 5.10 Å². The minimum Gasteiger partial charge on any atom is -0.370 e. The number of nitrogens with zero attached hydrogens (tertiary/aromatic N) is 3. The van der Waals surface area contributed by atoms with Gasteiger partial charge in [0.25, 0.3) is 5.69 Å². The van der Waals surface area contributed by atoms with Crippen molar-refractivity contribution in [1.82, 2.24) is 9.78 Å². The number of nitro groups is 1. The molecule has 6 nitrogen and oxygen atoms in total. The van der Waals surface area contributed by atoms with Crippen molar-refractivity contribution in [2.75, 3.05) is 11.9 Å². The van der Waals surface area contributed by atoms with Crippen LogP contribution >= 0.6 is 11.3 Å². The fourth-order valence-electron chi connectivity index (χ4n) is 3.16. The molecule has 0 saturated carbocycles. The molecule has 0 spiro atoms. The third-order valence-corrected chi connectivity index (χ3v) is 5.42. The van der Waals surface area contributed by atoms with Crippen LogP contribution < -0.4 is 5.32 Å². The Hall–Kier alpha value is -2.67. The molecule has 128 valence electrons. The summed E-state index contributed by atoms with van der Waals surface area (Å²) in [5.41, 5.74) is 3.17. The van der Waals surface area contributed by atoms with Crippen molar-refractivity contribution in [2.45, 2.75) is 26.2 Å². The van der Waals surface area contributed by atoms with E-state index >= 15 is 0 Å². The van der Waals surface area contributed by atoms with E-state index in [0.29, 0.717) is 0 Å². The van der Waals surface area contributed by atoms with Gasteiger partial charge in [-0.2, -0.15) is 5.10 Å². The number of nitro benzene ring substituents is 1. The molecule has 0 atom stereocenters. The molecule has 0 fully saturated rings. The molecule has 1 aliphatic rings. The fraction of sp³-hybridized carbons (Fsp3) is 0.278. The third kappa shape index (κ3) is 2.91. The van der Waals surface area contributed by atoms with Crippen LogP contribution in [0.15, 0.2) is 36.4 Å². The summed E-state index contributed by atoms with van der Waals surface area (Å²) in [4.78, 5) is 12.9. The van der Waals surface area contributed by atoms with Crippen molar-refractivity contribution in [3.8, 4) is 16.3 Å². The molecule has 1 N–H and O–H groups in total. The normalized spacial score (nSPS) is 13.8. The van der Waals surface area contributed by atoms with Gasteiger partial charge in [-0.05, 0) is 50.5 Å². The van der Waals surface area contributed by atoms with Crippen LogP contribution in [0.3, 0.4) is 0 Å². The number of benzene rings is 1. The average Bonchev–Trinajstić information content (AvgIpc) is 3.10. The fourth-order valence-corrected chi connectivity index (χ4v) is 4.04. The van der Waals surface area contributed by atoms with E-state index in [0.717, 1.165) is 47.9 Å². The standard InChI is InChI=1S/C18H18N4O2S/c1-12-5-10-16(25-12)17-15-4-2-3-11-19-18(15)21(20-17)13-6-8-14(9-7-13)22(23)24/h5-10,19H,2-4,11H2,1H3. The molecule has 0 aliphatic carbocycles. The lowest BCUT2D eigenvalue weighted by molar-refractivity contribution is -0.384. The van der Waals surface area contributed by atoms with E-state index in [2.05, 4.69) is 24.4 Å². The van der Waals surface area contributed by atoms with Crippen LogP contribution in [-0.2, 0) is 6.42 Å². The van der Waals surface area contributed by atoms with Crippen LogP contribution in [0.1, 0.15) is 23.3 Å². The van der Waals surface area contributed by atoms with Crippen LogP contribution in [0.25, 0.3) is 16.3 Å². The zero-order valence-electron chi connectivity index (χ0n) is 13.9. The topological polar surface area (TPSA) is 73.0 Å². The van der Waals surface area contributed by atoms with Gasteiger partial charge in [0, 0.05) is 29.1 Å². The van der Waals surface area contributed by atoms with Gasteiger partial charge in [0.05, 0.1) is 15.5 Å². The van der Waals surface area contributed by atoms with Crippen molar-refractivity contribution >= 4 is 22.8 Å². The number of aromatic nitrogens is 2. The number of nitrogens with one attached hydrogen (secondary N) is 1.